The maximum atomic E-state index is 6.32. The third-order valence-electron chi connectivity index (χ3n) is 3.78. The summed E-state index contributed by atoms with van der Waals surface area (Å²) in [6.45, 7) is 3.81. The Kier molecular flexibility index (Phi) is 2.61. The minimum absolute atomic E-state index is 0.0349. The standard InChI is InChI=1S/C11H18N4OS/c1-7(16-2)9-13-10(17-14-9)15-5-11(12,6-15)8-3-4-8/h7-8H,3-6,12H2,1-2H3. The first-order valence-corrected chi connectivity index (χ1v) is 6.80. The van der Waals surface area contributed by atoms with Crippen LogP contribution in [0.4, 0.5) is 5.13 Å². The van der Waals surface area contributed by atoms with E-state index in [1.54, 1.807) is 7.11 Å². The van der Waals surface area contributed by atoms with Crippen LogP contribution in [-0.4, -0.2) is 35.1 Å². The lowest BCUT2D eigenvalue weighted by molar-refractivity contribution is 0.113. The number of aromatic nitrogens is 2. The van der Waals surface area contributed by atoms with Gasteiger partial charge in [0.05, 0.1) is 5.54 Å². The van der Waals surface area contributed by atoms with Crippen molar-refractivity contribution in [2.45, 2.75) is 31.4 Å². The van der Waals surface area contributed by atoms with Crippen molar-refractivity contribution in [3.05, 3.63) is 5.82 Å². The van der Waals surface area contributed by atoms with E-state index in [0.29, 0.717) is 0 Å². The van der Waals surface area contributed by atoms with Crippen LogP contribution in [0.3, 0.4) is 0 Å². The Labute approximate surface area is 105 Å². The molecule has 1 aromatic rings. The van der Waals surface area contributed by atoms with E-state index in [0.717, 1.165) is 30.0 Å². The van der Waals surface area contributed by atoms with Gasteiger partial charge in [-0.25, -0.2) is 4.98 Å². The number of anilines is 1. The predicted octanol–water partition coefficient (Wildman–Crippen LogP) is 1.17. The van der Waals surface area contributed by atoms with E-state index in [2.05, 4.69) is 14.3 Å². The van der Waals surface area contributed by atoms with Gasteiger partial charge < -0.3 is 15.4 Å². The second-order valence-electron chi connectivity index (χ2n) is 5.18. The van der Waals surface area contributed by atoms with Crippen molar-refractivity contribution >= 4 is 16.7 Å². The van der Waals surface area contributed by atoms with Gasteiger partial charge in [0.15, 0.2) is 5.82 Å². The van der Waals surface area contributed by atoms with Crippen molar-refractivity contribution in [1.29, 1.82) is 0 Å². The molecule has 17 heavy (non-hydrogen) atoms. The van der Waals surface area contributed by atoms with Crippen LogP contribution in [-0.2, 0) is 4.74 Å². The molecule has 1 saturated heterocycles. The minimum atomic E-state index is -0.0349. The Morgan fingerprint density at radius 3 is 2.82 bits per heavy atom. The predicted molar refractivity (Wildman–Crippen MR) is 67.2 cm³/mol. The van der Waals surface area contributed by atoms with E-state index in [1.807, 2.05) is 6.92 Å². The number of hydrogen-bond acceptors (Lipinski definition) is 6. The van der Waals surface area contributed by atoms with Crippen molar-refractivity contribution < 1.29 is 4.74 Å². The smallest absolute Gasteiger partial charge is 0.205 e. The summed E-state index contributed by atoms with van der Waals surface area (Å²) < 4.78 is 9.53. The van der Waals surface area contributed by atoms with Crippen LogP contribution >= 0.6 is 11.5 Å². The van der Waals surface area contributed by atoms with Gasteiger partial charge in [0.25, 0.3) is 0 Å². The fraction of sp³-hybridized carbons (Fsp3) is 0.818. The monoisotopic (exact) mass is 254 g/mol. The molecular weight excluding hydrogens is 236 g/mol. The van der Waals surface area contributed by atoms with Crippen molar-refractivity contribution in [2.24, 2.45) is 11.7 Å². The van der Waals surface area contributed by atoms with Gasteiger partial charge in [0.2, 0.25) is 5.13 Å². The molecule has 0 spiro atoms. The zero-order chi connectivity index (χ0) is 12.0. The average molecular weight is 254 g/mol. The number of nitrogens with zero attached hydrogens (tertiary/aromatic N) is 3. The molecule has 6 heteroatoms. The van der Waals surface area contributed by atoms with Gasteiger partial charge in [-0.2, -0.15) is 4.37 Å². The van der Waals surface area contributed by atoms with Crippen LogP contribution in [0.5, 0.6) is 0 Å². The first-order valence-electron chi connectivity index (χ1n) is 6.02. The number of ether oxygens (including phenoxy) is 1. The second kappa shape index (κ2) is 3.90. The fourth-order valence-electron chi connectivity index (χ4n) is 2.34. The van der Waals surface area contributed by atoms with Crippen molar-refractivity contribution in [1.82, 2.24) is 9.36 Å². The fourth-order valence-corrected chi connectivity index (χ4v) is 3.08. The van der Waals surface area contributed by atoms with E-state index in [9.17, 15) is 0 Å². The Balaban J connectivity index is 1.64. The molecule has 1 aromatic heterocycles. The molecule has 1 aliphatic carbocycles. The Bertz CT molecular complexity index is 411. The molecule has 0 amide bonds. The van der Waals surface area contributed by atoms with Crippen LogP contribution in [0, 0.1) is 5.92 Å². The zero-order valence-electron chi connectivity index (χ0n) is 10.2. The molecule has 0 aromatic carbocycles. The molecule has 0 bridgehead atoms. The van der Waals surface area contributed by atoms with E-state index < -0.39 is 0 Å². The van der Waals surface area contributed by atoms with Crippen molar-refractivity contribution in [3.8, 4) is 0 Å². The normalized spacial score (nSPS) is 24.5. The van der Waals surface area contributed by atoms with Gasteiger partial charge in [-0.05, 0) is 25.7 Å². The highest BCUT2D eigenvalue weighted by Gasteiger charge is 2.51. The van der Waals surface area contributed by atoms with Crippen LogP contribution in [0.1, 0.15) is 31.7 Å². The lowest BCUT2D eigenvalue weighted by Gasteiger charge is -2.48. The summed E-state index contributed by atoms with van der Waals surface area (Å²) in [6, 6.07) is 0. The SMILES string of the molecule is COC(C)c1nsc(N2CC(N)(C3CC3)C2)n1. The first-order chi connectivity index (χ1) is 8.12. The van der Waals surface area contributed by atoms with Gasteiger partial charge in [0, 0.05) is 31.7 Å². The summed E-state index contributed by atoms with van der Waals surface area (Å²) >= 11 is 1.44. The van der Waals surface area contributed by atoms with Crippen LogP contribution in [0.25, 0.3) is 0 Å². The highest BCUT2D eigenvalue weighted by Crippen LogP contribution is 2.44. The summed E-state index contributed by atoms with van der Waals surface area (Å²) in [5.74, 6) is 1.51. The molecule has 2 heterocycles. The molecule has 1 aliphatic heterocycles. The highest BCUT2D eigenvalue weighted by molar-refractivity contribution is 7.09. The molecular formula is C11H18N4OS. The maximum absolute atomic E-state index is 6.32. The summed E-state index contributed by atoms with van der Waals surface area (Å²) in [7, 11) is 1.67. The lowest BCUT2D eigenvalue weighted by Crippen LogP contribution is -2.69. The van der Waals surface area contributed by atoms with Gasteiger partial charge >= 0.3 is 0 Å². The molecule has 1 atom stereocenters. The largest absolute Gasteiger partial charge is 0.374 e. The molecule has 0 radical (unpaired) electrons. The molecule has 5 nitrogen and oxygen atoms in total. The van der Waals surface area contributed by atoms with E-state index in [1.165, 1.54) is 24.4 Å². The first kappa shape index (κ1) is 11.4. The van der Waals surface area contributed by atoms with Crippen molar-refractivity contribution in [2.75, 3.05) is 25.1 Å². The van der Waals surface area contributed by atoms with Crippen LogP contribution in [0.2, 0.25) is 0 Å². The van der Waals surface area contributed by atoms with E-state index in [4.69, 9.17) is 10.5 Å². The molecule has 2 fully saturated rings. The van der Waals surface area contributed by atoms with Gasteiger partial charge in [-0.15, -0.1) is 0 Å². The molecule has 2 N–H and O–H groups in total. The third-order valence-corrected chi connectivity index (χ3v) is 4.57. The summed E-state index contributed by atoms with van der Waals surface area (Å²) in [4.78, 5) is 6.73. The highest BCUT2D eigenvalue weighted by atomic mass is 32.1. The Hall–Kier alpha value is -0.720. The minimum Gasteiger partial charge on any atom is -0.374 e. The van der Waals surface area contributed by atoms with Crippen molar-refractivity contribution in [3.63, 3.8) is 0 Å². The summed E-state index contributed by atoms with van der Waals surface area (Å²) in [6.07, 6.45) is 2.56. The number of rotatable bonds is 4. The zero-order valence-corrected chi connectivity index (χ0v) is 11.0. The molecule has 1 saturated carbocycles. The Morgan fingerprint density at radius 2 is 2.24 bits per heavy atom. The average Bonchev–Trinajstić information content (AvgIpc) is 3.03. The summed E-state index contributed by atoms with van der Waals surface area (Å²) in [5.41, 5.74) is 6.36. The molecule has 94 valence electrons. The third kappa shape index (κ3) is 1.94. The van der Waals surface area contributed by atoms with E-state index in [-0.39, 0.29) is 11.6 Å². The van der Waals surface area contributed by atoms with Gasteiger partial charge in [0.1, 0.15) is 6.10 Å². The molecule has 3 rings (SSSR count). The van der Waals surface area contributed by atoms with Crippen LogP contribution < -0.4 is 10.6 Å². The summed E-state index contributed by atoms with van der Waals surface area (Å²) in [5, 5.41) is 0.977. The van der Waals surface area contributed by atoms with Crippen LogP contribution in [0.15, 0.2) is 0 Å². The molecule has 1 unspecified atom stereocenters. The maximum Gasteiger partial charge on any atom is 0.205 e. The van der Waals surface area contributed by atoms with Gasteiger partial charge in [-0.3, -0.25) is 0 Å². The topological polar surface area (TPSA) is 64.3 Å². The number of methoxy groups -OCH3 is 1. The second-order valence-corrected chi connectivity index (χ2v) is 5.91. The Morgan fingerprint density at radius 1 is 1.53 bits per heavy atom. The quantitative estimate of drug-likeness (QED) is 0.874. The van der Waals surface area contributed by atoms with E-state index >= 15 is 0 Å². The number of nitrogens with two attached hydrogens (primary N) is 1. The number of hydrogen-bond donors (Lipinski definition) is 1. The molecule has 2 aliphatic rings. The van der Waals surface area contributed by atoms with Gasteiger partial charge in [-0.1, -0.05) is 0 Å². The lowest BCUT2D eigenvalue weighted by atomic mass is 9.86.